The van der Waals surface area contributed by atoms with E-state index in [-0.39, 0.29) is 29.2 Å². The third-order valence-electron chi connectivity index (χ3n) is 7.06. The molecule has 2 aromatic rings. The van der Waals surface area contributed by atoms with E-state index in [0.29, 0.717) is 66.1 Å². The van der Waals surface area contributed by atoms with Crippen LogP contribution in [0.15, 0.2) is 56.0 Å². The molecule has 2 N–H and O–H groups in total. The Hall–Kier alpha value is -3.64. The smallest absolute Gasteiger partial charge is 0.350 e. The van der Waals surface area contributed by atoms with E-state index < -0.39 is 23.8 Å². The molecule has 10 nitrogen and oxygen atoms in total. The van der Waals surface area contributed by atoms with E-state index >= 15 is 0 Å². The minimum absolute atomic E-state index is 0.0890. The summed E-state index contributed by atoms with van der Waals surface area (Å²) in [5, 5.41) is 15.5. The molecule has 210 valence electrons. The number of guanidine groups is 1. The number of nitrogens with one attached hydrogen (secondary N) is 1. The van der Waals surface area contributed by atoms with Crippen LogP contribution >= 0.6 is 22.9 Å². The van der Waals surface area contributed by atoms with Gasteiger partial charge < -0.3 is 20.1 Å². The summed E-state index contributed by atoms with van der Waals surface area (Å²) in [4.78, 5) is 45.1. The van der Waals surface area contributed by atoms with Crippen molar-refractivity contribution in [2.45, 2.75) is 32.7 Å². The highest BCUT2D eigenvalue weighted by atomic mass is 35.5. The molecule has 4 heterocycles. The van der Waals surface area contributed by atoms with Crippen molar-refractivity contribution < 1.29 is 23.8 Å². The SMILES string of the molecule is CCOC(=O)C1=C(C2CCN(C3=NCC(C)C(C(=O)O)=N3)CC2)NC(c2nccs2)=NC1c1ccc(F)cc1Cl. The second-order valence-corrected chi connectivity index (χ2v) is 11.0. The molecule has 13 heteroatoms. The van der Waals surface area contributed by atoms with Crippen LogP contribution in [0.2, 0.25) is 5.02 Å². The fraction of sp³-hybridized carbons (Fsp3) is 0.407. The number of amidine groups is 1. The first-order valence-corrected chi connectivity index (χ1v) is 14.2. The molecule has 0 bridgehead atoms. The Bertz CT molecular complexity index is 1430. The van der Waals surface area contributed by atoms with Gasteiger partial charge in [0, 0.05) is 52.8 Å². The number of aliphatic imine (C=N–C) groups is 3. The van der Waals surface area contributed by atoms with E-state index in [0.717, 1.165) is 0 Å². The van der Waals surface area contributed by atoms with Crippen molar-refractivity contribution in [3.05, 3.63) is 62.5 Å². The van der Waals surface area contributed by atoms with Gasteiger partial charge in [0.15, 0.2) is 10.8 Å². The molecule has 1 fully saturated rings. The summed E-state index contributed by atoms with van der Waals surface area (Å²) in [5.41, 5.74) is 1.58. The first-order chi connectivity index (χ1) is 19.3. The number of carbonyl (C=O) groups excluding carboxylic acids is 1. The molecule has 3 aliphatic heterocycles. The highest BCUT2D eigenvalue weighted by Gasteiger charge is 2.38. The molecule has 2 unspecified atom stereocenters. The maximum absolute atomic E-state index is 13.9. The molecule has 1 aromatic heterocycles. The summed E-state index contributed by atoms with van der Waals surface area (Å²) in [6, 6.07) is 3.21. The molecular weight excluding hydrogens is 559 g/mol. The number of benzene rings is 1. The predicted molar refractivity (Wildman–Crippen MR) is 150 cm³/mol. The number of aliphatic carboxylic acids is 1. The van der Waals surface area contributed by atoms with Gasteiger partial charge in [0.2, 0.25) is 5.96 Å². The van der Waals surface area contributed by atoms with Crippen LogP contribution in [0.1, 0.15) is 43.3 Å². The number of likely N-dealkylation sites (tertiary alicyclic amines) is 1. The summed E-state index contributed by atoms with van der Waals surface area (Å²) in [5.74, 6) is -1.48. The predicted octanol–water partition coefficient (Wildman–Crippen LogP) is 4.09. The largest absolute Gasteiger partial charge is 0.477 e. The Morgan fingerprint density at radius 1 is 1.30 bits per heavy atom. The quantitative estimate of drug-likeness (QED) is 0.488. The second-order valence-electron chi connectivity index (χ2n) is 9.66. The lowest BCUT2D eigenvalue weighted by Crippen LogP contribution is -2.44. The van der Waals surface area contributed by atoms with Gasteiger partial charge in [-0.1, -0.05) is 24.6 Å². The van der Waals surface area contributed by atoms with Gasteiger partial charge in [-0.3, -0.25) is 9.98 Å². The van der Waals surface area contributed by atoms with Crippen LogP contribution in [0, 0.1) is 17.7 Å². The van der Waals surface area contributed by atoms with Crippen LogP contribution in [-0.4, -0.2) is 70.7 Å². The zero-order valence-electron chi connectivity index (χ0n) is 21.9. The first-order valence-electron chi connectivity index (χ1n) is 13.0. The Kier molecular flexibility index (Phi) is 8.27. The van der Waals surface area contributed by atoms with Crippen LogP contribution in [0.3, 0.4) is 0 Å². The van der Waals surface area contributed by atoms with E-state index in [2.05, 4.69) is 20.3 Å². The Morgan fingerprint density at radius 2 is 2.08 bits per heavy atom. The van der Waals surface area contributed by atoms with Gasteiger partial charge in [-0.05, 0) is 31.9 Å². The van der Waals surface area contributed by atoms with Crippen molar-refractivity contribution in [1.29, 1.82) is 0 Å². The van der Waals surface area contributed by atoms with Crippen LogP contribution in [0.5, 0.6) is 0 Å². The van der Waals surface area contributed by atoms with E-state index in [1.807, 2.05) is 10.3 Å². The van der Waals surface area contributed by atoms with Gasteiger partial charge in [0.1, 0.15) is 17.6 Å². The van der Waals surface area contributed by atoms with Gasteiger partial charge >= 0.3 is 11.9 Å². The molecule has 0 aliphatic carbocycles. The van der Waals surface area contributed by atoms with Crippen LogP contribution in [0.25, 0.3) is 0 Å². The molecule has 1 aromatic carbocycles. The van der Waals surface area contributed by atoms with Crippen molar-refractivity contribution in [2.24, 2.45) is 26.8 Å². The van der Waals surface area contributed by atoms with E-state index in [4.69, 9.17) is 21.3 Å². The molecule has 2 atom stereocenters. The average molecular weight is 587 g/mol. The fourth-order valence-corrected chi connectivity index (χ4v) is 5.93. The minimum Gasteiger partial charge on any atom is -0.477 e. The number of carboxylic acid groups (broad SMARTS) is 1. The Morgan fingerprint density at radius 3 is 2.73 bits per heavy atom. The lowest BCUT2D eigenvalue weighted by atomic mass is 9.85. The maximum atomic E-state index is 13.9. The lowest BCUT2D eigenvalue weighted by molar-refractivity contribution is -0.139. The highest BCUT2D eigenvalue weighted by Crippen LogP contribution is 2.40. The molecule has 40 heavy (non-hydrogen) atoms. The molecule has 0 saturated carbocycles. The monoisotopic (exact) mass is 586 g/mol. The number of nitrogens with zero attached hydrogens (tertiary/aromatic N) is 5. The van der Waals surface area contributed by atoms with Crippen LogP contribution in [0.4, 0.5) is 4.39 Å². The zero-order chi connectivity index (χ0) is 28.4. The lowest BCUT2D eigenvalue weighted by Gasteiger charge is -2.37. The van der Waals surface area contributed by atoms with Crippen molar-refractivity contribution >= 4 is 52.4 Å². The highest BCUT2D eigenvalue weighted by molar-refractivity contribution is 7.11. The minimum atomic E-state index is -1.04. The van der Waals surface area contributed by atoms with Crippen LogP contribution in [-0.2, 0) is 14.3 Å². The fourth-order valence-electron chi connectivity index (χ4n) is 5.07. The van der Waals surface area contributed by atoms with Crippen molar-refractivity contribution in [1.82, 2.24) is 15.2 Å². The van der Waals surface area contributed by atoms with E-state index in [1.165, 1.54) is 29.5 Å². The van der Waals surface area contributed by atoms with Crippen LogP contribution < -0.4 is 5.32 Å². The van der Waals surface area contributed by atoms with Gasteiger partial charge in [-0.15, -0.1) is 11.3 Å². The number of hydrogen-bond donors (Lipinski definition) is 2. The molecule has 0 radical (unpaired) electrons. The van der Waals surface area contributed by atoms with E-state index in [9.17, 15) is 19.1 Å². The van der Waals surface area contributed by atoms with Crippen molar-refractivity contribution in [3.8, 4) is 0 Å². The van der Waals surface area contributed by atoms with Gasteiger partial charge in [0.05, 0.1) is 18.7 Å². The number of aromatic nitrogens is 1. The number of rotatable bonds is 6. The average Bonchev–Trinajstić information content (AvgIpc) is 3.48. The molecule has 0 spiro atoms. The number of hydrogen-bond acceptors (Lipinski definition) is 10. The maximum Gasteiger partial charge on any atom is 0.350 e. The van der Waals surface area contributed by atoms with Gasteiger partial charge in [0.25, 0.3) is 0 Å². The van der Waals surface area contributed by atoms with E-state index in [1.54, 1.807) is 20.0 Å². The zero-order valence-corrected chi connectivity index (χ0v) is 23.5. The number of ether oxygens (including phenoxy) is 1. The molecule has 5 rings (SSSR count). The standard InChI is InChI=1S/C27H28ClFN6O4S/c1-3-39-26(38)19-21(15-6-9-35(10-7-15)27-31-13-14(2)20(34-27)25(36)37)32-23(24-30-8-11-40-24)33-22(19)17-5-4-16(29)12-18(17)28/h4-5,8,11-12,14-15,22H,3,6-7,9-10,13H2,1-2H3,(H,32,33)(H,36,37). The molecule has 1 saturated heterocycles. The number of esters is 1. The first kappa shape index (κ1) is 27.9. The summed E-state index contributed by atoms with van der Waals surface area (Å²) in [6.45, 7) is 5.18. The molecule has 3 aliphatic rings. The molecule has 0 amide bonds. The normalized spacial score (nSPS) is 21.8. The number of carboxylic acids is 1. The summed E-state index contributed by atoms with van der Waals surface area (Å²) in [6.07, 6.45) is 2.93. The Balaban J connectivity index is 1.50. The number of piperidine rings is 1. The third kappa shape index (κ3) is 5.64. The summed E-state index contributed by atoms with van der Waals surface area (Å²) >= 11 is 7.87. The van der Waals surface area contributed by atoms with Gasteiger partial charge in [-0.2, -0.15) is 0 Å². The number of carbonyl (C=O) groups is 2. The number of allylic oxidation sites excluding steroid dienone is 1. The topological polar surface area (TPSA) is 129 Å². The van der Waals surface area contributed by atoms with Crippen molar-refractivity contribution in [3.63, 3.8) is 0 Å². The third-order valence-corrected chi connectivity index (χ3v) is 8.17. The van der Waals surface area contributed by atoms with Crippen molar-refractivity contribution in [2.75, 3.05) is 26.2 Å². The van der Waals surface area contributed by atoms with Gasteiger partial charge in [-0.25, -0.2) is 24.0 Å². The number of thiazole rings is 1. The Labute approximate surface area is 239 Å². The second kappa shape index (κ2) is 11.8. The number of halogens is 2. The molecular formula is C27H28ClFN6O4S. The summed E-state index contributed by atoms with van der Waals surface area (Å²) in [7, 11) is 0. The summed E-state index contributed by atoms with van der Waals surface area (Å²) < 4.78 is 19.4.